The molecule has 0 bridgehead atoms. The van der Waals surface area contributed by atoms with Crippen molar-refractivity contribution >= 4 is 40.3 Å². The molecule has 13 nitrogen and oxygen atoms in total. The molecule has 2 aliphatic rings. The van der Waals surface area contributed by atoms with Gasteiger partial charge in [-0.25, -0.2) is 0 Å². The van der Waals surface area contributed by atoms with Crippen LogP contribution < -0.4 is 26.2 Å². The number of piperidine rings is 1. The van der Waals surface area contributed by atoms with E-state index in [1.807, 2.05) is 13.8 Å². The number of hydrogen-bond donors (Lipinski definition) is 4. The number of nitrogens with zero attached hydrogens (tertiary/aromatic N) is 2. The van der Waals surface area contributed by atoms with Crippen LogP contribution in [0.5, 0.6) is 0 Å². The Balaban J connectivity index is 1.76. The van der Waals surface area contributed by atoms with Crippen molar-refractivity contribution in [3.63, 3.8) is 0 Å². The van der Waals surface area contributed by atoms with Crippen LogP contribution in [0.4, 0.5) is 0 Å². The van der Waals surface area contributed by atoms with Gasteiger partial charge in [-0.15, -0.1) is 0 Å². The van der Waals surface area contributed by atoms with E-state index in [1.54, 1.807) is 31.2 Å². The molecule has 4 amide bonds. The van der Waals surface area contributed by atoms with E-state index in [0.717, 1.165) is 6.42 Å². The molecule has 0 aliphatic carbocycles. The van der Waals surface area contributed by atoms with Gasteiger partial charge >= 0.3 is 0 Å². The lowest BCUT2D eigenvalue weighted by Crippen LogP contribution is -2.63. The highest BCUT2D eigenvalue weighted by atomic mass is 16.6. The highest BCUT2D eigenvalue weighted by molar-refractivity contribution is 5.98. The molecule has 2 aromatic rings. The molecule has 2 fully saturated rings. The van der Waals surface area contributed by atoms with Gasteiger partial charge in [0.15, 0.2) is 11.2 Å². The summed E-state index contributed by atoms with van der Waals surface area (Å²) in [6, 6.07) is 2.21. The van der Waals surface area contributed by atoms with E-state index in [0.29, 0.717) is 50.6 Å². The van der Waals surface area contributed by atoms with Crippen molar-refractivity contribution in [1.82, 2.24) is 25.6 Å². The van der Waals surface area contributed by atoms with Gasteiger partial charge in [0.2, 0.25) is 23.6 Å². The summed E-state index contributed by atoms with van der Waals surface area (Å²) >= 11 is 0. The molecule has 0 spiro atoms. The number of amides is 4. The van der Waals surface area contributed by atoms with Crippen LogP contribution in [-0.2, 0) is 24.0 Å². The third kappa shape index (κ3) is 8.01. The predicted octanol–water partition coefficient (Wildman–Crippen LogP) is 1.53. The number of unbranched alkanes of at least 4 members (excludes halogenated alkanes) is 1. The van der Waals surface area contributed by atoms with Crippen molar-refractivity contribution in [2.24, 2.45) is 5.92 Å². The Morgan fingerprint density at radius 3 is 2.43 bits per heavy atom. The highest BCUT2D eigenvalue weighted by Gasteiger charge is 2.41. The Morgan fingerprint density at radius 1 is 0.979 bits per heavy atom. The lowest BCUT2D eigenvalue weighted by atomic mass is 9.93. The predicted molar refractivity (Wildman–Crippen MR) is 174 cm³/mol. The van der Waals surface area contributed by atoms with Crippen molar-refractivity contribution in [3.05, 3.63) is 46.2 Å². The largest absolute Gasteiger partial charge is 0.417 e. The van der Waals surface area contributed by atoms with Gasteiger partial charge in [-0.2, -0.15) is 4.73 Å². The number of ketones is 1. The molecular weight excluding hydrogens is 606 g/mol. The minimum absolute atomic E-state index is 0.0797. The van der Waals surface area contributed by atoms with E-state index < -0.39 is 59.3 Å². The number of Topliss-reactive ketones (excluding diaryl/α,β-unsaturated/α-hetero) is 1. The van der Waals surface area contributed by atoms with Crippen LogP contribution in [-0.4, -0.2) is 82.0 Å². The number of benzene rings is 1. The van der Waals surface area contributed by atoms with E-state index in [9.17, 15) is 33.9 Å². The van der Waals surface area contributed by atoms with Gasteiger partial charge in [0.05, 0.1) is 17.3 Å². The van der Waals surface area contributed by atoms with Gasteiger partial charge in [-0.1, -0.05) is 45.7 Å². The Morgan fingerprint density at radius 2 is 1.72 bits per heavy atom. The summed E-state index contributed by atoms with van der Waals surface area (Å²) < 4.78 is 1.33. The maximum atomic E-state index is 14.2. The normalized spacial score (nSPS) is 23.8. The van der Waals surface area contributed by atoms with Crippen LogP contribution in [0.1, 0.15) is 90.2 Å². The Hall–Kier alpha value is -4.26. The number of rotatable bonds is 11. The fraction of sp³-hybridized carbons (Fsp3) is 0.588. The number of carbonyl (C=O) groups excluding carboxylic acids is 5. The van der Waals surface area contributed by atoms with Crippen LogP contribution in [0.3, 0.4) is 0 Å². The minimum Gasteiger partial charge on any atom is -0.417 e. The van der Waals surface area contributed by atoms with Gasteiger partial charge in [-0.3, -0.25) is 28.8 Å². The number of carbonyl (C=O) groups is 5. The van der Waals surface area contributed by atoms with Crippen LogP contribution in [0.25, 0.3) is 10.9 Å². The Labute approximate surface area is 274 Å². The standard InChI is InChI=1S/C34H47N5O8/c1-5-20(3)28-34(46)38-18-12-11-16-25(38)32(44)35-23(14-8-10-17-27(41)26(40)6-2)31(43)37-29(33(45)36-28)22-19-39(47-4)24-15-9-7-13-21(24)30(22)42/h7,9,13,15,19-20,23,25-26,28-29,40H,5-6,8,10-12,14,16-18H2,1-4H3,(H,35,44)(H,36,45)(H,37,43)/t20?,23-,25+,26?,28-,29-/m0/s1. The van der Waals surface area contributed by atoms with Gasteiger partial charge in [0.1, 0.15) is 37.4 Å². The lowest BCUT2D eigenvalue weighted by Gasteiger charge is -2.39. The molecule has 4 rings (SSSR count). The smallest absolute Gasteiger partial charge is 0.248 e. The van der Waals surface area contributed by atoms with Crippen LogP contribution >= 0.6 is 0 Å². The Bertz CT molecular complexity index is 1540. The van der Waals surface area contributed by atoms with Crippen molar-refractivity contribution < 1.29 is 33.9 Å². The number of aromatic nitrogens is 1. The molecule has 1 aromatic heterocycles. The summed E-state index contributed by atoms with van der Waals surface area (Å²) in [5.74, 6) is -2.92. The SMILES string of the molecule is CCC(O)C(=O)CCCC[C@@H]1NC(=O)[C@H]2CCCCN2C(=O)[C@H](C(C)CC)NC(=O)[C@H](c2cn(OC)c3ccccc3c2=O)NC1=O. The minimum atomic E-state index is -1.53. The molecule has 1 aromatic carbocycles. The molecule has 2 unspecified atom stereocenters. The molecule has 3 heterocycles. The fourth-order valence-corrected chi connectivity index (χ4v) is 6.30. The summed E-state index contributed by atoms with van der Waals surface area (Å²) in [4.78, 5) is 89.0. The zero-order chi connectivity index (χ0) is 34.2. The molecule has 2 aliphatic heterocycles. The van der Waals surface area contributed by atoms with Crippen molar-refractivity contribution in [2.75, 3.05) is 13.7 Å². The monoisotopic (exact) mass is 653 g/mol. The number of aliphatic hydroxyl groups is 1. The zero-order valence-electron chi connectivity index (χ0n) is 27.6. The molecule has 2 saturated heterocycles. The van der Waals surface area contributed by atoms with E-state index in [2.05, 4.69) is 16.0 Å². The number of pyridine rings is 1. The van der Waals surface area contributed by atoms with Crippen LogP contribution in [0.2, 0.25) is 0 Å². The zero-order valence-corrected chi connectivity index (χ0v) is 27.6. The molecule has 47 heavy (non-hydrogen) atoms. The number of fused-ring (bicyclic) bond motifs is 2. The first kappa shape index (κ1) is 35.6. The third-order valence-electron chi connectivity index (χ3n) is 9.38. The second-order valence-electron chi connectivity index (χ2n) is 12.5. The van der Waals surface area contributed by atoms with E-state index in [1.165, 1.54) is 22.9 Å². The van der Waals surface area contributed by atoms with Crippen LogP contribution in [0, 0.1) is 5.92 Å². The molecule has 0 saturated carbocycles. The Kier molecular flexibility index (Phi) is 12.1. The summed E-state index contributed by atoms with van der Waals surface area (Å²) in [6.07, 6.45) is 3.92. The quantitative estimate of drug-likeness (QED) is 0.264. The second-order valence-corrected chi connectivity index (χ2v) is 12.5. The number of para-hydroxylation sites is 1. The van der Waals surface area contributed by atoms with Gasteiger partial charge in [0, 0.05) is 18.4 Å². The van der Waals surface area contributed by atoms with E-state index >= 15 is 0 Å². The van der Waals surface area contributed by atoms with Crippen molar-refractivity contribution in [3.8, 4) is 0 Å². The van der Waals surface area contributed by atoms with Crippen LogP contribution in [0.15, 0.2) is 35.3 Å². The number of aliphatic hydroxyl groups excluding tert-OH is 1. The third-order valence-corrected chi connectivity index (χ3v) is 9.38. The summed E-state index contributed by atoms with van der Waals surface area (Å²) in [5.41, 5.74) is -0.123. The van der Waals surface area contributed by atoms with E-state index in [-0.39, 0.29) is 35.5 Å². The highest BCUT2D eigenvalue weighted by Crippen LogP contribution is 2.24. The number of hydrogen-bond acceptors (Lipinski definition) is 8. The molecule has 0 radical (unpaired) electrons. The van der Waals surface area contributed by atoms with E-state index in [4.69, 9.17) is 4.84 Å². The van der Waals surface area contributed by atoms with Crippen molar-refractivity contribution in [2.45, 2.75) is 109 Å². The number of nitrogens with one attached hydrogen (secondary N) is 3. The molecule has 256 valence electrons. The summed E-state index contributed by atoms with van der Waals surface area (Å²) in [6.45, 7) is 5.75. The maximum Gasteiger partial charge on any atom is 0.248 e. The van der Waals surface area contributed by atoms with Gasteiger partial charge in [-0.05, 0) is 56.6 Å². The molecule has 6 atom stereocenters. The first-order valence-corrected chi connectivity index (χ1v) is 16.6. The maximum absolute atomic E-state index is 14.2. The molecular formula is C34H47N5O8. The molecule has 13 heteroatoms. The first-order chi connectivity index (χ1) is 22.5. The average Bonchev–Trinajstić information content (AvgIpc) is 3.09. The van der Waals surface area contributed by atoms with Gasteiger partial charge < -0.3 is 30.8 Å². The van der Waals surface area contributed by atoms with Crippen molar-refractivity contribution in [1.29, 1.82) is 0 Å². The first-order valence-electron chi connectivity index (χ1n) is 16.6. The fourth-order valence-electron chi connectivity index (χ4n) is 6.30. The van der Waals surface area contributed by atoms with Gasteiger partial charge in [0.25, 0.3) is 0 Å². The summed E-state index contributed by atoms with van der Waals surface area (Å²) in [7, 11) is 1.41. The summed E-state index contributed by atoms with van der Waals surface area (Å²) in [5, 5.41) is 18.5. The average molecular weight is 654 g/mol. The second kappa shape index (κ2) is 16.0. The molecule has 4 N–H and O–H groups in total. The lowest BCUT2D eigenvalue weighted by molar-refractivity contribution is -0.147. The topological polar surface area (TPSA) is 176 Å².